The molecule has 0 radical (unpaired) electrons. The molecule has 2 aromatic rings. The van der Waals surface area contributed by atoms with Gasteiger partial charge in [0.1, 0.15) is 5.02 Å². The number of piperazine rings is 1. The number of hydrogen-bond donors (Lipinski definition) is 0. The molecule has 0 unspecified atom stereocenters. The molecular formula is C14H19ClN6O2. The summed E-state index contributed by atoms with van der Waals surface area (Å²) in [7, 11) is 1.59. The Morgan fingerprint density at radius 3 is 2.70 bits per heavy atom. The molecular weight excluding hydrogens is 320 g/mol. The molecule has 9 heteroatoms. The predicted octanol–water partition coefficient (Wildman–Crippen LogP) is 0.701. The lowest BCUT2D eigenvalue weighted by Crippen LogP contribution is -2.46. The van der Waals surface area contributed by atoms with Gasteiger partial charge in [-0.2, -0.15) is 10.1 Å². The van der Waals surface area contributed by atoms with Crippen LogP contribution in [0.5, 0.6) is 0 Å². The Labute approximate surface area is 138 Å². The molecule has 3 heterocycles. The standard InChI is InChI=1S/C14H19ClN6O2/c1-3-12-17-11(18-23-12)9-20-4-6-21(7-5-20)10-8-16-19(2)14(22)13(10)15/h8H,3-7,9H2,1-2H3. The molecule has 1 aliphatic rings. The van der Waals surface area contributed by atoms with E-state index < -0.39 is 0 Å². The van der Waals surface area contributed by atoms with Crippen molar-refractivity contribution in [1.29, 1.82) is 0 Å². The Hall–Kier alpha value is -1.93. The molecule has 2 aromatic heterocycles. The number of anilines is 1. The van der Waals surface area contributed by atoms with Crippen LogP contribution in [0, 0.1) is 0 Å². The van der Waals surface area contributed by atoms with Gasteiger partial charge in [-0.15, -0.1) is 0 Å². The predicted molar refractivity (Wildman–Crippen MR) is 85.7 cm³/mol. The molecule has 0 aliphatic carbocycles. The van der Waals surface area contributed by atoms with Gasteiger partial charge in [0.05, 0.1) is 18.4 Å². The first kappa shape index (κ1) is 15.9. The van der Waals surface area contributed by atoms with Crippen LogP contribution in [-0.4, -0.2) is 51.0 Å². The molecule has 0 atom stereocenters. The quantitative estimate of drug-likeness (QED) is 0.811. The van der Waals surface area contributed by atoms with Crippen molar-refractivity contribution in [3.63, 3.8) is 0 Å². The van der Waals surface area contributed by atoms with E-state index in [2.05, 4.69) is 25.0 Å². The number of rotatable bonds is 4. The number of hydrogen-bond acceptors (Lipinski definition) is 7. The van der Waals surface area contributed by atoms with Crippen molar-refractivity contribution in [2.24, 2.45) is 7.05 Å². The molecule has 8 nitrogen and oxygen atoms in total. The summed E-state index contributed by atoms with van der Waals surface area (Å²) < 4.78 is 6.36. The maximum Gasteiger partial charge on any atom is 0.287 e. The second-order valence-corrected chi connectivity index (χ2v) is 5.87. The molecule has 1 aliphatic heterocycles. The average molecular weight is 339 g/mol. The van der Waals surface area contributed by atoms with Crippen LogP contribution in [0.3, 0.4) is 0 Å². The molecule has 0 N–H and O–H groups in total. The zero-order chi connectivity index (χ0) is 16.4. The van der Waals surface area contributed by atoms with E-state index in [0.29, 0.717) is 23.9 Å². The minimum Gasteiger partial charge on any atom is -0.366 e. The van der Waals surface area contributed by atoms with Gasteiger partial charge in [0.25, 0.3) is 5.56 Å². The van der Waals surface area contributed by atoms with Crippen LogP contribution >= 0.6 is 11.6 Å². The van der Waals surface area contributed by atoms with E-state index in [-0.39, 0.29) is 10.6 Å². The maximum absolute atomic E-state index is 11.9. The van der Waals surface area contributed by atoms with Crippen molar-refractivity contribution < 1.29 is 4.52 Å². The van der Waals surface area contributed by atoms with Crippen LogP contribution in [0.1, 0.15) is 18.6 Å². The fraction of sp³-hybridized carbons (Fsp3) is 0.571. The SMILES string of the molecule is CCc1nc(CN2CCN(c3cnn(C)c(=O)c3Cl)CC2)no1. The topological polar surface area (TPSA) is 80.3 Å². The second kappa shape index (κ2) is 6.67. The van der Waals surface area contributed by atoms with Crippen molar-refractivity contribution in [3.8, 4) is 0 Å². The third kappa shape index (κ3) is 3.37. The van der Waals surface area contributed by atoms with Crippen molar-refractivity contribution in [3.05, 3.63) is 33.3 Å². The number of nitrogens with zero attached hydrogens (tertiary/aromatic N) is 6. The highest BCUT2D eigenvalue weighted by atomic mass is 35.5. The van der Waals surface area contributed by atoms with Gasteiger partial charge in [0.15, 0.2) is 5.82 Å². The zero-order valence-electron chi connectivity index (χ0n) is 13.2. The van der Waals surface area contributed by atoms with Gasteiger partial charge in [-0.1, -0.05) is 23.7 Å². The molecule has 23 heavy (non-hydrogen) atoms. The molecule has 0 saturated carbocycles. The molecule has 1 fully saturated rings. The van der Waals surface area contributed by atoms with E-state index >= 15 is 0 Å². The van der Waals surface area contributed by atoms with E-state index in [4.69, 9.17) is 16.1 Å². The van der Waals surface area contributed by atoms with Crippen LogP contribution in [0.2, 0.25) is 5.02 Å². The summed E-state index contributed by atoms with van der Waals surface area (Å²) in [5, 5.41) is 8.25. The summed E-state index contributed by atoms with van der Waals surface area (Å²) in [5.74, 6) is 1.38. The fourth-order valence-corrected chi connectivity index (χ4v) is 2.86. The highest BCUT2D eigenvalue weighted by Gasteiger charge is 2.22. The van der Waals surface area contributed by atoms with Gasteiger partial charge in [-0.3, -0.25) is 9.69 Å². The highest BCUT2D eigenvalue weighted by Crippen LogP contribution is 2.22. The minimum atomic E-state index is -0.273. The normalized spacial score (nSPS) is 16.0. The first-order chi connectivity index (χ1) is 11.1. The van der Waals surface area contributed by atoms with Crippen molar-refractivity contribution in [2.75, 3.05) is 31.1 Å². The zero-order valence-corrected chi connectivity index (χ0v) is 14.0. The summed E-state index contributed by atoms with van der Waals surface area (Å²) in [6, 6.07) is 0. The van der Waals surface area contributed by atoms with Gasteiger partial charge >= 0.3 is 0 Å². The smallest absolute Gasteiger partial charge is 0.287 e. The van der Waals surface area contributed by atoms with E-state index in [0.717, 1.165) is 32.6 Å². The third-order valence-electron chi connectivity index (χ3n) is 3.95. The monoisotopic (exact) mass is 338 g/mol. The van der Waals surface area contributed by atoms with Crippen LogP contribution in [-0.2, 0) is 20.0 Å². The first-order valence-corrected chi connectivity index (χ1v) is 7.97. The Bertz CT molecular complexity index is 735. The maximum atomic E-state index is 11.9. The minimum absolute atomic E-state index is 0.224. The van der Waals surface area contributed by atoms with E-state index in [1.54, 1.807) is 13.2 Å². The Kier molecular flexibility index (Phi) is 4.63. The highest BCUT2D eigenvalue weighted by molar-refractivity contribution is 6.33. The Balaban J connectivity index is 1.62. The fourth-order valence-electron chi connectivity index (χ4n) is 2.57. The van der Waals surface area contributed by atoms with Gasteiger partial charge in [0.2, 0.25) is 5.89 Å². The third-order valence-corrected chi connectivity index (χ3v) is 4.31. The van der Waals surface area contributed by atoms with Crippen LogP contribution < -0.4 is 10.5 Å². The van der Waals surface area contributed by atoms with Gasteiger partial charge in [-0.25, -0.2) is 4.68 Å². The molecule has 0 amide bonds. The lowest BCUT2D eigenvalue weighted by molar-refractivity contribution is 0.240. The molecule has 3 rings (SSSR count). The van der Waals surface area contributed by atoms with Crippen LogP contribution in [0.15, 0.2) is 15.5 Å². The molecule has 124 valence electrons. The first-order valence-electron chi connectivity index (χ1n) is 7.59. The van der Waals surface area contributed by atoms with Crippen molar-refractivity contribution in [2.45, 2.75) is 19.9 Å². The van der Waals surface area contributed by atoms with E-state index in [1.165, 1.54) is 4.68 Å². The second-order valence-electron chi connectivity index (χ2n) is 5.49. The van der Waals surface area contributed by atoms with Gasteiger partial charge < -0.3 is 9.42 Å². The van der Waals surface area contributed by atoms with Crippen LogP contribution in [0.25, 0.3) is 0 Å². The number of aromatic nitrogens is 4. The summed E-state index contributed by atoms with van der Waals surface area (Å²) in [4.78, 5) is 20.5. The lowest BCUT2D eigenvalue weighted by atomic mass is 10.3. The van der Waals surface area contributed by atoms with Crippen molar-refractivity contribution in [1.82, 2.24) is 24.8 Å². The number of halogens is 1. The summed E-state index contributed by atoms with van der Waals surface area (Å²) in [6.45, 7) is 5.86. The van der Waals surface area contributed by atoms with E-state index in [1.807, 2.05) is 6.92 Å². The molecule has 1 saturated heterocycles. The van der Waals surface area contributed by atoms with Gasteiger partial charge in [0, 0.05) is 39.6 Å². The summed E-state index contributed by atoms with van der Waals surface area (Å²) in [5.41, 5.74) is 0.424. The summed E-state index contributed by atoms with van der Waals surface area (Å²) >= 11 is 6.16. The lowest BCUT2D eigenvalue weighted by Gasteiger charge is -2.35. The average Bonchev–Trinajstić information content (AvgIpc) is 3.01. The molecule has 0 aromatic carbocycles. The Morgan fingerprint density at radius 2 is 2.04 bits per heavy atom. The Morgan fingerprint density at radius 1 is 1.30 bits per heavy atom. The largest absolute Gasteiger partial charge is 0.366 e. The van der Waals surface area contributed by atoms with Crippen molar-refractivity contribution >= 4 is 17.3 Å². The molecule has 0 spiro atoms. The molecule has 0 bridgehead atoms. The van der Waals surface area contributed by atoms with Gasteiger partial charge in [-0.05, 0) is 0 Å². The van der Waals surface area contributed by atoms with Crippen LogP contribution in [0.4, 0.5) is 5.69 Å². The number of aryl methyl sites for hydroxylation is 2. The summed E-state index contributed by atoms with van der Waals surface area (Å²) in [6.07, 6.45) is 2.39. The van der Waals surface area contributed by atoms with E-state index in [9.17, 15) is 4.79 Å².